The van der Waals surface area contributed by atoms with Crippen LogP contribution in [0, 0.1) is 5.82 Å². The zero-order chi connectivity index (χ0) is 13.5. The number of carbonyl (C=O) groups is 1. The van der Waals surface area contributed by atoms with Gasteiger partial charge in [-0.15, -0.1) is 0 Å². The second-order valence-electron chi connectivity index (χ2n) is 3.88. The normalized spacial score (nSPS) is 11.7. The van der Waals surface area contributed by atoms with Gasteiger partial charge in [0.05, 0.1) is 4.99 Å². The molecule has 0 bridgehead atoms. The molecule has 0 aromatic heterocycles. The first-order valence-electron chi connectivity index (χ1n) is 5.62. The van der Waals surface area contributed by atoms with E-state index in [0.29, 0.717) is 17.1 Å². The Balaban J connectivity index is 2.49. The molecule has 0 aliphatic rings. The Kier molecular flexibility index (Phi) is 5.51. The predicted octanol–water partition coefficient (Wildman–Crippen LogP) is 2.40. The third-order valence-corrected chi connectivity index (χ3v) is 2.54. The van der Waals surface area contributed by atoms with Gasteiger partial charge in [-0.1, -0.05) is 19.1 Å². The molecule has 18 heavy (non-hydrogen) atoms. The Morgan fingerprint density at radius 1 is 1.44 bits per heavy atom. The average Bonchev–Trinajstić information content (AvgIpc) is 2.30. The van der Waals surface area contributed by atoms with Crippen molar-refractivity contribution in [1.29, 1.82) is 0 Å². The van der Waals surface area contributed by atoms with Crippen LogP contribution in [0.25, 0.3) is 0 Å². The van der Waals surface area contributed by atoms with Crippen molar-refractivity contribution in [3.05, 3.63) is 30.1 Å². The van der Waals surface area contributed by atoms with Gasteiger partial charge in [0.25, 0.3) is 0 Å². The number of rotatable bonds is 5. The summed E-state index contributed by atoms with van der Waals surface area (Å²) < 4.78 is 12.7. The molecule has 1 rings (SSSR count). The van der Waals surface area contributed by atoms with Gasteiger partial charge in [-0.05, 0) is 30.7 Å². The molecule has 1 unspecified atom stereocenters. The van der Waals surface area contributed by atoms with Crippen LogP contribution in [0.2, 0.25) is 0 Å². The fourth-order valence-electron chi connectivity index (χ4n) is 1.43. The molecule has 1 atom stereocenters. The quantitative estimate of drug-likeness (QED) is 0.719. The van der Waals surface area contributed by atoms with Crippen molar-refractivity contribution in [1.82, 2.24) is 5.32 Å². The Hall–Kier alpha value is -1.69. The number of carbonyl (C=O) groups excluding carboxylic acids is 1. The van der Waals surface area contributed by atoms with Crippen LogP contribution in [0.1, 0.15) is 19.8 Å². The molecule has 1 aromatic carbocycles. The number of nitrogens with one attached hydrogen (secondary N) is 2. The number of halogens is 1. The van der Waals surface area contributed by atoms with Crippen molar-refractivity contribution in [3.63, 3.8) is 0 Å². The number of hydrogen-bond donors (Lipinski definition) is 3. The van der Waals surface area contributed by atoms with Crippen molar-refractivity contribution in [2.75, 3.05) is 5.32 Å². The van der Waals surface area contributed by atoms with Gasteiger partial charge in [0.15, 0.2) is 0 Å². The number of urea groups is 1. The molecule has 0 fully saturated rings. The van der Waals surface area contributed by atoms with Gasteiger partial charge in [-0.25, -0.2) is 9.18 Å². The van der Waals surface area contributed by atoms with Crippen LogP contribution in [0.15, 0.2) is 24.3 Å². The highest BCUT2D eigenvalue weighted by Crippen LogP contribution is 2.08. The summed E-state index contributed by atoms with van der Waals surface area (Å²) >= 11 is 4.80. The highest BCUT2D eigenvalue weighted by molar-refractivity contribution is 7.80. The minimum absolute atomic E-state index is 0.0945. The summed E-state index contributed by atoms with van der Waals surface area (Å²) in [5.41, 5.74) is 5.96. The van der Waals surface area contributed by atoms with E-state index in [1.807, 2.05) is 6.92 Å². The molecule has 0 saturated carbocycles. The minimum atomic E-state index is -0.357. The summed E-state index contributed by atoms with van der Waals surface area (Å²) in [5, 5.41) is 5.36. The molecule has 0 aliphatic carbocycles. The van der Waals surface area contributed by atoms with Crippen LogP contribution in [0.3, 0.4) is 0 Å². The van der Waals surface area contributed by atoms with Gasteiger partial charge in [0.2, 0.25) is 0 Å². The molecule has 0 radical (unpaired) electrons. The maximum Gasteiger partial charge on any atom is 0.319 e. The van der Waals surface area contributed by atoms with E-state index < -0.39 is 0 Å². The molecule has 0 heterocycles. The van der Waals surface area contributed by atoms with Crippen LogP contribution >= 0.6 is 12.2 Å². The van der Waals surface area contributed by atoms with Crippen molar-refractivity contribution in [2.45, 2.75) is 25.8 Å². The highest BCUT2D eigenvalue weighted by atomic mass is 32.1. The third kappa shape index (κ3) is 5.09. The lowest BCUT2D eigenvalue weighted by Gasteiger charge is -2.16. The average molecular weight is 269 g/mol. The number of thiocarbonyl (C=S) groups is 1. The molecule has 1 aromatic rings. The third-order valence-electron chi connectivity index (χ3n) is 2.38. The van der Waals surface area contributed by atoms with E-state index in [1.54, 1.807) is 0 Å². The zero-order valence-electron chi connectivity index (χ0n) is 10.1. The maximum absolute atomic E-state index is 12.7. The lowest BCUT2D eigenvalue weighted by atomic mass is 10.1. The van der Waals surface area contributed by atoms with Crippen LogP contribution in [0.4, 0.5) is 14.9 Å². The first-order chi connectivity index (χ1) is 8.51. The Morgan fingerprint density at radius 2 is 2.06 bits per heavy atom. The molecule has 0 aliphatic heterocycles. The van der Waals surface area contributed by atoms with Gasteiger partial charge in [0.1, 0.15) is 5.82 Å². The van der Waals surface area contributed by atoms with Crippen LogP contribution in [0.5, 0.6) is 0 Å². The van der Waals surface area contributed by atoms with Crippen molar-refractivity contribution in [3.8, 4) is 0 Å². The van der Waals surface area contributed by atoms with Gasteiger partial charge >= 0.3 is 6.03 Å². The summed E-state index contributed by atoms with van der Waals surface area (Å²) in [6.07, 6.45) is 1.19. The number of anilines is 1. The Morgan fingerprint density at radius 3 is 2.56 bits per heavy atom. The summed E-state index contributed by atoms with van der Waals surface area (Å²) in [4.78, 5) is 12.0. The first-order valence-corrected chi connectivity index (χ1v) is 6.03. The Labute approximate surface area is 111 Å². The summed E-state index contributed by atoms with van der Waals surface area (Å²) in [6, 6.07) is 5.09. The SMILES string of the molecule is CCC(CC(N)=S)NC(=O)Nc1ccc(F)cc1. The monoisotopic (exact) mass is 269 g/mol. The largest absolute Gasteiger partial charge is 0.393 e. The van der Waals surface area contributed by atoms with Crippen molar-refractivity contribution < 1.29 is 9.18 Å². The predicted molar refractivity (Wildman–Crippen MR) is 74.0 cm³/mol. The second-order valence-corrected chi connectivity index (χ2v) is 4.41. The van der Waals surface area contributed by atoms with E-state index in [0.717, 1.165) is 6.42 Å². The summed E-state index contributed by atoms with van der Waals surface area (Å²) in [6.45, 7) is 1.93. The molecular formula is C12H16FN3OS. The molecule has 98 valence electrons. The van der Waals surface area contributed by atoms with E-state index in [4.69, 9.17) is 18.0 Å². The van der Waals surface area contributed by atoms with Gasteiger partial charge in [0, 0.05) is 18.2 Å². The van der Waals surface area contributed by atoms with Crippen molar-refractivity contribution >= 4 is 28.9 Å². The molecule has 4 nitrogen and oxygen atoms in total. The number of nitrogens with two attached hydrogens (primary N) is 1. The van der Waals surface area contributed by atoms with E-state index >= 15 is 0 Å². The Bertz CT molecular complexity index is 422. The molecule has 2 amide bonds. The second kappa shape index (κ2) is 6.90. The standard InChI is InChI=1S/C12H16FN3OS/c1-2-9(7-11(14)18)15-12(17)16-10-5-3-8(13)4-6-10/h3-6,9H,2,7H2,1H3,(H2,14,18)(H2,15,16,17). The molecule has 6 heteroatoms. The van der Waals surface area contributed by atoms with Crippen LogP contribution < -0.4 is 16.4 Å². The van der Waals surface area contributed by atoms with E-state index in [-0.39, 0.29) is 17.9 Å². The fourth-order valence-corrected chi connectivity index (χ4v) is 1.63. The van der Waals surface area contributed by atoms with E-state index in [2.05, 4.69) is 10.6 Å². The summed E-state index contributed by atoms with van der Waals surface area (Å²) in [5.74, 6) is -0.346. The maximum atomic E-state index is 12.7. The van der Waals surface area contributed by atoms with Crippen LogP contribution in [-0.4, -0.2) is 17.1 Å². The zero-order valence-corrected chi connectivity index (χ0v) is 10.9. The first kappa shape index (κ1) is 14.4. The number of benzene rings is 1. The van der Waals surface area contributed by atoms with Gasteiger partial charge < -0.3 is 16.4 Å². The molecule has 0 saturated heterocycles. The fraction of sp³-hybridized carbons (Fsp3) is 0.333. The van der Waals surface area contributed by atoms with Crippen molar-refractivity contribution in [2.24, 2.45) is 5.73 Å². The summed E-state index contributed by atoms with van der Waals surface area (Å²) in [7, 11) is 0. The lowest BCUT2D eigenvalue weighted by Crippen LogP contribution is -2.39. The van der Waals surface area contributed by atoms with Crippen LogP contribution in [-0.2, 0) is 0 Å². The van der Waals surface area contributed by atoms with E-state index in [1.165, 1.54) is 24.3 Å². The lowest BCUT2D eigenvalue weighted by molar-refractivity contribution is 0.248. The van der Waals surface area contributed by atoms with Gasteiger partial charge in [-0.3, -0.25) is 0 Å². The molecule has 4 N–H and O–H groups in total. The molecular weight excluding hydrogens is 253 g/mol. The molecule has 0 spiro atoms. The smallest absolute Gasteiger partial charge is 0.319 e. The van der Waals surface area contributed by atoms with Gasteiger partial charge in [-0.2, -0.15) is 0 Å². The number of amides is 2. The topological polar surface area (TPSA) is 67.1 Å². The number of hydrogen-bond acceptors (Lipinski definition) is 2. The van der Waals surface area contributed by atoms with E-state index in [9.17, 15) is 9.18 Å². The minimum Gasteiger partial charge on any atom is -0.393 e. The highest BCUT2D eigenvalue weighted by Gasteiger charge is 2.11.